The highest BCUT2D eigenvalue weighted by atomic mass is 35.5. The Bertz CT molecular complexity index is 1190. The van der Waals surface area contributed by atoms with Gasteiger partial charge in [-0.05, 0) is 30.7 Å². The summed E-state index contributed by atoms with van der Waals surface area (Å²) in [7, 11) is 0. The van der Waals surface area contributed by atoms with E-state index in [1.54, 1.807) is 6.92 Å². The molecule has 2 aromatic carbocycles. The van der Waals surface area contributed by atoms with E-state index in [1.807, 2.05) is 0 Å². The second kappa shape index (κ2) is 7.29. The Morgan fingerprint density at radius 3 is 2.79 bits per heavy atom. The molecule has 6 nitrogen and oxygen atoms in total. The van der Waals surface area contributed by atoms with Crippen LogP contribution in [-0.2, 0) is 9.59 Å². The number of anilines is 1. The van der Waals surface area contributed by atoms with Gasteiger partial charge in [0.25, 0.3) is 5.91 Å². The molecule has 29 heavy (non-hydrogen) atoms. The Labute approximate surface area is 168 Å². The van der Waals surface area contributed by atoms with Crippen LogP contribution in [0.5, 0.6) is 0 Å². The third kappa shape index (κ3) is 3.58. The highest BCUT2D eigenvalue weighted by Gasteiger charge is 2.33. The lowest BCUT2D eigenvalue weighted by atomic mass is 9.83. The second-order valence-electron chi connectivity index (χ2n) is 6.75. The fourth-order valence-corrected chi connectivity index (χ4v) is 3.66. The fourth-order valence-electron chi connectivity index (χ4n) is 3.50. The number of carbonyl (C=O) groups excluding carboxylic acids is 2. The van der Waals surface area contributed by atoms with Gasteiger partial charge in [-0.15, -0.1) is 0 Å². The number of benzene rings is 2. The van der Waals surface area contributed by atoms with Gasteiger partial charge in [0.15, 0.2) is 0 Å². The molecule has 2 amide bonds. The average Bonchev–Trinajstić information content (AvgIpc) is 3.08. The van der Waals surface area contributed by atoms with Crippen molar-refractivity contribution in [2.75, 3.05) is 5.32 Å². The summed E-state index contributed by atoms with van der Waals surface area (Å²) >= 11 is 5.82. The van der Waals surface area contributed by atoms with Gasteiger partial charge >= 0.3 is 0 Å². The number of rotatable bonds is 3. The Hall–Kier alpha value is -3.26. The molecule has 2 heterocycles. The zero-order valence-electron chi connectivity index (χ0n) is 15.1. The van der Waals surface area contributed by atoms with E-state index in [1.165, 1.54) is 30.5 Å². The van der Waals surface area contributed by atoms with Crippen molar-refractivity contribution >= 4 is 40.0 Å². The van der Waals surface area contributed by atoms with E-state index in [0.717, 1.165) is 6.07 Å². The maximum absolute atomic E-state index is 14.5. The van der Waals surface area contributed by atoms with Crippen molar-refractivity contribution in [3.8, 4) is 0 Å². The summed E-state index contributed by atoms with van der Waals surface area (Å²) in [6, 6.07) is 6.73. The molecular formula is C20H15ClF2N4O2. The van der Waals surface area contributed by atoms with Crippen LogP contribution in [0.25, 0.3) is 10.9 Å². The molecule has 1 aliphatic rings. The number of hydrogen-bond acceptors (Lipinski definition) is 3. The summed E-state index contributed by atoms with van der Waals surface area (Å²) in [6.07, 6.45) is 1.38. The van der Waals surface area contributed by atoms with Crippen molar-refractivity contribution in [2.24, 2.45) is 0 Å². The lowest BCUT2D eigenvalue weighted by Gasteiger charge is -2.27. The van der Waals surface area contributed by atoms with E-state index in [9.17, 15) is 18.4 Å². The van der Waals surface area contributed by atoms with Gasteiger partial charge in [-0.1, -0.05) is 17.7 Å². The molecule has 1 atom stereocenters. The molecular weight excluding hydrogens is 402 g/mol. The normalized spacial score (nSPS) is 16.8. The van der Waals surface area contributed by atoms with E-state index >= 15 is 0 Å². The number of allylic oxidation sites excluding steroid dienone is 1. The Morgan fingerprint density at radius 1 is 1.24 bits per heavy atom. The highest BCUT2D eigenvalue weighted by Crippen LogP contribution is 2.36. The first kappa shape index (κ1) is 19.1. The van der Waals surface area contributed by atoms with Crippen LogP contribution in [0.4, 0.5) is 14.5 Å². The van der Waals surface area contributed by atoms with Gasteiger partial charge in [-0.3, -0.25) is 14.7 Å². The number of aromatic nitrogens is 2. The van der Waals surface area contributed by atoms with Crippen LogP contribution in [0, 0.1) is 11.6 Å². The van der Waals surface area contributed by atoms with E-state index in [-0.39, 0.29) is 39.9 Å². The predicted molar refractivity (Wildman–Crippen MR) is 104 cm³/mol. The standard InChI is InChI=1S/C20H15ClF2N4O2/c1-9-19(13(6-18(28)25-9)12-3-2-11(21)5-14(12)22)20(29)26-17-4-10-8-24-27-16(10)7-15(17)23/h2-5,7-8,13H,6H2,1H3,(H,24,27)(H,25,28)(H,26,29). The molecule has 0 saturated carbocycles. The molecule has 1 unspecified atom stereocenters. The van der Waals surface area contributed by atoms with E-state index in [4.69, 9.17) is 11.6 Å². The quantitative estimate of drug-likeness (QED) is 0.603. The van der Waals surface area contributed by atoms with E-state index in [0.29, 0.717) is 10.9 Å². The van der Waals surface area contributed by atoms with Crippen molar-refractivity contribution in [1.29, 1.82) is 0 Å². The molecule has 0 spiro atoms. The van der Waals surface area contributed by atoms with Gasteiger partial charge in [-0.25, -0.2) is 8.78 Å². The molecule has 0 aliphatic carbocycles. The number of aromatic amines is 1. The largest absolute Gasteiger partial charge is 0.330 e. The van der Waals surface area contributed by atoms with Crippen LogP contribution >= 0.6 is 11.6 Å². The van der Waals surface area contributed by atoms with Crippen LogP contribution in [0.15, 0.2) is 47.8 Å². The molecule has 148 valence electrons. The van der Waals surface area contributed by atoms with Gasteiger partial charge in [-0.2, -0.15) is 5.10 Å². The topological polar surface area (TPSA) is 86.9 Å². The number of hydrogen-bond donors (Lipinski definition) is 3. The van der Waals surface area contributed by atoms with Crippen molar-refractivity contribution in [1.82, 2.24) is 15.5 Å². The maximum Gasteiger partial charge on any atom is 0.254 e. The maximum atomic E-state index is 14.5. The third-order valence-corrected chi connectivity index (χ3v) is 5.06. The summed E-state index contributed by atoms with van der Waals surface area (Å²) in [5.74, 6) is -3.08. The summed E-state index contributed by atoms with van der Waals surface area (Å²) in [6.45, 7) is 1.54. The molecule has 3 aromatic rings. The molecule has 1 aliphatic heterocycles. The molecule has 9 heteroatoms. The van der Waals surface area contributed by atoms with Crippen LogP contribution in [-0.4, -0.2) is 22.0 Å². The molecule has 0 radical (unpaired) electrons. The van der Waals surface area contributed by atoms with Crippen LogP contribution in [0.2, 0.25) is 5.02 Å². The SMILES string of the molecule is CC1=C(C(=O)Nc2cc3cn[nH]c3cc2F)C(c2ccc(Cl)cc2F)CC(=O)N1. The number of fused-ring (bicyclic) bond motifs is 1. The minimum atomic E-state index is -0.832. The predicted octanol–water partition coefficient (Wildman–Crippen LogP) is 4.01. The zero-order valence-corrected chi connectivity index (χ0v) is 15.9. The first-order valence-electron chi connectivity index (χ1n) is 8.73. The minimum Gasteiger partial charge on any atom is -0.330 e. The van der Waals surface area contributed by atoms with Crippen LogP contribution < -0.4 is 10.6 Å². The molecule has 1 aromatic heterocycles. The first-order valence-corrected chi connectivity index (χ1v) is 9.11. The van der Waals surface area contributed by atoms with Crippen molar-refractivity contribution in [3.63, 3.8) is 0 Å². The average molecular weight is 417 g/mol. The van der Waals surface area contributed by atoms with Gasteiger partial charge in [0.1, 0.15) is 11.6 Å². The Morgan fingerprint density at radius 2 is 2.03 bits per heavy atom. The van der Waals surface area contributed by atoms with Gasteiger partial charge in [0.05, 0.1) is 17.4 Å². The molecule has 0 fully saturated rings. The summed E-state index contributed by atoms with van der Waals surface area (Å²) < 4.78 is 28.9. The zero-order chi connectivity index (χ0) is 20.7. The number of carbonyl (C=O) groups is 2. The van der Waals surface area contributed by atoms with E-state index < -0.39 is 23.5 Å². The molecule has 0 saturated heterocycles. The van der Waals surface area contributed by atoms with Gasteiger partial charge in [0, 0.05) is 40.1 Å². The Kier molecular flexibility index (Phi) is 4.79. The fraction of sp³-hybridized carbons (Fsp3) is 0.150. The summed E-state index contributed by atoms with van der Waals surface area (Å²) in [5, 5.41) is 12.4. The Balaban J connectivity index is 1.72. The number of amides is 2. The smallest absolute Gasteiger partial charge is 0.254 e. The van der Waals surface area contributed by atoms with Crippen LogP contribution in [0.3, 0.4) is 0 Å². The third-order valence-electron chi connectivity index (χ3n) is 4.83. The molecule has 0 bridgehead atoms. The molecule has 3 N–H and O–H groups in total. The molecule has 4 rings (SSSR count). The van der Waals surface area contributed by atoms with Crippen LogP contribution in [0.1, 0.15) is 24.8 Å². The van der Waals surface area contributed by atoms with Crippen molar-refractivity contribution in [2.45, 2.75) is 19.3 Å². The summed E-state index contributed by atoms with van der Waals surface area (Å²) in [5.41, 5.74) is 1.04. The van der Waals surface area contributed by atoms with Crippen molar-refractivity contribution in [3.05, 3.63) is 70.0 Å². The minimum absolute atomic E-state index is 0.0450. The number of nitrogens with zero attached hydrogens (tertiary/aromatic N) is 1. The number of halogens is 3. The van der Waals surface area contributed by atoms with Gasteiger partial charge < -0.3 is 10.6 Å². The first-order chi connectivity index (χ1) is 13.8. The number of H-pyrrole nitrogens is 1. The highest BCUT2D eigenvalue weighted by molar-refractivity contribution is 6.30. The van der Waals surface area contributed by atoms with Crippen molar-refractivity contribution < 1.29 is 18.4 Å². The number of nitrogens with one attached hydrogen (secondary N) is 3. The second-order valence-corrected chi connectivity index (χ2v) is 7.19. The monoisotopic (exact) mass is 416 g/mol. The lowest BCUT2D eigenvalue weighted by Crippen LogP contribution is -2.35. The van der Waals surface area contributed by atoms with E-state index in [2.05, 4.69) is 20.8 Å². The lowest BCUT2D eigenvalue weighted by molar-refractivity contribution is -0.121. The van der Waals surface area contributed by atoms with Gasteiger partial charge in [0.2, 0.25) is 5.91 Å². The summed E-state index contributed by atoms with van der Waals surface area (Å²) in [4.78, 5) is 25.1.